The van der Waals surface area contributed by atoms with Crippen molar-refractivity contribution in [2.24, 2.45) is 0 Å². The van der Waals surface area contributed by atoms with Gasteiger partial charge < -0.3 is 18.9 Å². The van der Waals surface area contributed by atoms with Gasteiger partial charge in [-0.05, 0) is 19.9 Å². The van der Waals surface area contributed by atoms with Gasteiger partial charge in [-0.15, -0.1) is 0 Å². The molecule has 0 amide bonds. The number of hydrogen-bond acceptors (Lipinski definition) is 5. The molecule has 0 radical (unpaired) electrons. The molecular formula is C11H16O5. The first kappa shape index (κ1) is 11.4. The number of ether oxygens (including phenoxy) is 4. The number of carbonyl (C=O) groups excluding carboxylic acids is 1. The van der Waals surface area contributed by atoms with Crippen molar-refractivity contribution in [3.8, 4) is 0 Å². The number of hydrogen-bond donors (Lipinski definition) is 0. The van der Waals surface area contributed by atoms with E-state index in [2.05, 4.69) is 0 Å². The largest absolute Gasteiger partial charge is 0.497 e. The van der Waals surface area contributed by atoms with E-state index in [1.807, 2.05) is 13.8 Å². The number of fused-ring (bicyclic) bond motifs is 1. The number of rotatable bonds is 1. The van der Waals surface area contributed by atoms with Crippen LogP contribution in [0.15, 0.2) is 12.3 Å². The second-order valence-electron chi connectivity index (χ2n) is 4.37. The molecule has 0 aliphatic carbocycles. The van der Waals surface area contributed by atoms with Crippen molar-refractivity contribution in [1.29, 1.82) is 0 Å². The molecule has 1 saturated heterocycles. The van der Waals surface area contributed by atoms with Crippen molar-refractivity contribution in [3.63, 3.8) is 0 Å². The fourth-order valence-electron chi connectivity index (χ4n) is 1.95. The van der Waals surface area contributed by atoms with E-state index in [0.717, 1.165) is 0 Å². The van der Waals surface area contributed by atoms with E-state index in [4.69, 9.17) is 18.9 Å². The molecule has 0 saturated carbocycles. The molecule has 2 rings (SSSR count). The Kier molecular flexibility index (Phi) is 2.90. The highest BCUT2D eigenvalue weighted by atomic mass is 16.8. The summed E-state index contributed by atoms with van der Waals surface area (Å²) in [6.45, 7) is 5.33. The van der Waals surface area contributed by atoms with Crippen LogP contribution in [0.5, 0.6) is 0 Å². The van der Waals surface area contributed by atoms with Crippen LogP contribution in [0.2, 0.25) is 0 Å². The van der Waals surface area contributed by atoms with Gasteiger partial charge in [0.05, 0.1) is 6.26 Å². The first-order valence-corrected chi connectivity index (χ1v) is 5.29. The van der Waals surface area contributed by atoms with Crippen LogP contribution in [0, 0.1) is 0 Å². The zero-order valence-electron chi connectivity index (χ0n) is 9.64. The molecule has 2 heterocycles. The highest BCUT2D eigenvalue weighted by Gasteiger charge is 2.46. The van der Waals surface area contributed by atoms with Gasteiger partial charge in [-0.1, -0.05) is 0 Å². The van der Waals surface area contributed by atoms with Crippen LogP contribution in [0.25, 0.3) is 0 Å². The summed E-state index contributed by atoms with van der Waals surface area (Å²) in [4.78, 5) is 11.0. The molecule has 0 unspecified atom stereocenters. The summed E-state index contributed by atoms with van der Waals surface area (Å²) in [6.07, 6.45) is 2.37. The highest BCUT2D eigenvalue weighted by molar-refractivity contribution is 5.66. The molecule has 2 aliphatic rings. The van der Waals surface area contributed by atoms with Crippen molar-refractivity contribution in [2.75, 3.05) is 6.61 Å². The summed E-state index contributed by atoms with van der Waals surface area (Å²) in [5.41, 5.74) is 0. The molecule has 2 aliphatic heterocycles. The fraction of sp³-hybridized carbons (Fsp3) is 0.727. The SMILES string of the molecule is CC(=O)O[C@@H]1COC=C[C@@H]2OC(C)(C)O[C@H]21. The highest BCUT2D eigenvalue weighted by Crippen LogP contribution is 2.32. The molecule has 3 atom stereocenters. The second-order valence-corrected chi connectivity index (χ2v) is 4.37. The Balaban J connectivity index is 2.13. The van der Waals surface area contributed by atoms with Gasteiger partial charge in [0.15, 0.2) is 11.9 Å². The van der Waals surface area contributed by atoms with Gasteiger partial charge >= 0.3 is 5.97 Å². The number of carbonyl (C=O) groups is 1. The standard InChI is InChI=1S/C11H16O5/c1-7(12)14-9-6-13-5-4-8-10(9)16-11(2,3)15-8/h4-5,8-10H,6H2,1-3H3/t8-,9+,10+/m0/s1. The van der Waals surface area contributed by atoms with Crippen LogP contribution < -0.4 is 0 Å². The van der Waals surface area contributed by atoms with Gasteiger partial charge in [-0.25, -0.2) is 0 Å². The van der Waals surface area contributed by atoms with Gasteiger partial charge in [0, 0.05) is 6.92 Å². The van der Waals surface area contributed by atoms with Crippen LogP contribution in [0.3, 0.4) is 0 Å². The van der Waals surface area contributed by atoms with E-state index in [9.17, 15) is 4.79 Å². The fourth-order valence-corrected chi connectivity index (χ4v) is 1.95. The maximum Gasteiger partial charge on any atom is 0.303 e. The predicted octanol–water partition coefficient (Wildman–Crippen LogP) is 0.982. The van der Waals surface area contributed by atoms with E-state index in [-0.39, 0.29) is 24.8 Å². The lowest BCUT2D eigenvalue weighted by Crippen LogP contribution is -2.39. The lowest BCUT2D eigenvalue weighted by Gasteiger charge is -2.23. The Morgan fingerprint density at radius 3 is 2.88 bits per heavy atom. The summed E-state index contributed by atoms with van der Waals surface area (Å²) < 4.78 is 21.7. The monoisotopic (exact) mass is 228 g/mol. The summed E-state index contributed by atoms with van der Waals surface area (Å²) in [5.74, 6) is -1.00. The van der Waals surface area contributed by atoms with E-state index in [1.54, 1.807) is 12.3 Å². The van der Waals surface area contributed by atoms with Gasteiger partial charge in [0.1, 0.15) is 18.8 Å². The van der Waals surface area contributed by atoms with Crippen molar-refractivity contribution < 1.29 is 23.7 Å². The minimum atomic E-state index is -0.657. The maximum absolute atomic E-state index is 11.0. The quantitative estimate of drug-likeness (QED) is 0.626. The van der Waals surface area contributed by atoms with E-state index in [0.29, 0.717) is 0 Å². The summed E-state index contributed by atoms with van der Waals surface area (Å²) in [5, 5.41) is 0. The molecule has 0 aromatic heterocycles. The van der Waals surface area contributed by atoms with E-state index < -0.39 is 11.9 Å². The average molecular weight is 228 g/mol. The van der Waals surface area contributed by atoms with Gasteiger partial charge in [-0.3, -0.25) is 4.79 Å². The molecular weight excluding hydrogens is 212 g/mol. The Morgan fingerprint density at radius 1 is 1.44 bits per heavy atom. The van der Waals surface area contributed by atoms with Gasteiger partial charge in [0.2, 0.25) is 0 Å². The lowest BCUT2D eigenvalue weighted by atomic mass is 10.1. The average Bonchev–Trinajstić information content (AvgIpc) is 2.36. The lowest BCUT2D eigenvalue weighted by molar-refractivity contribution is -0.173. The van der Waals surface area contributed by atoms with Crippen LogP contribution in [0.1, 0.15) is 20.8 Å². The Bertz CT molecular complexity index is 309. The minimum Gasteiger partial charge on any atom is -0.497 e. The third kappa shape index (κ3) is 2.36. The Labute approximate surface area is 94.3 Å². The minimum absolute atomic E-state index is 0.234. The zero-order valence-corrected chi connectivity index (χ0v) is 9.64. The number of esters is 1. The molecule has 16 heavy (non-hydrogen) atoms. The first-order chi connectivity index (χ1) is 7.48. The molecule has 90 valence electrons. The molecule has 0 spiro atoms. The third-order valence-corrected chi connectivity index (χ3v) is 2.47. The maximum atomic E-state index is 11.0. The Morgan fingerprint density at radius 2 is 2.19 bits per heavy atom. The van der Waals surface area contributed by atoms with Crippen LogP contribution in [-0.2, 0) is 23.7 Å². The first-order valence-electron chi connectivity index (χ1n) is 5.29. The van der Waals surface area contributed by atoms with Crippen LogP contribution >= 0.6 is 0 Å². The molecule has 0 aromatic carbocycles. The summed E-state index contributed by atoms with van der Waals surface area (Å²) >= 11 is 0. The predicted molar refractivity (Wildman–Crippen MR) is 54.5 cm³/mol. The molecule has 5 heteroatoms. The molecule has 5 nitrogen and oxygen atoms in total. The molecule has 0 aromatic rings. The van der Waals surface area contributed by atoms with Crippen LogP contribution in [0.4, 0.5) is 0 Å². The van der Waals surface area contributed by atoms with Crippen molar-refractivity contribution >= 4 is 5.97 Å². The van der Waals surface area contributed by atoms with Crippen molar-refractivity contribution in [3.05, 3.63) is 12.3 Å². The van der Waals surface area contributed by atoms with Gasteiger partial charge in [-0.2, -0.15) is 0 Å². The van der Waals surface area contributed by atoms with E-state index >= 15 is 0 Å². The van der Waals surface area contributed by atoms with Crippen molar-refractivity contribution in [1.82, 2.24) is 0 Å². The van der Waals surface area contributed by atoms with Gasteiger partial charge in [0.25, 0.3) is 0 Å². The second kappa shape index (κ2) is 4.07. The topological polar surface area (TPSA) is 54.0 Å². The smallest absolute Gasteiger partial charge is 0.303 e. The Hall–Kier alpha value is -1.07. The zero-order chi connectivity index (χ0) is 11.8. The molecule has 0 N–H and O–H groups in total. The van der Waals surface area contributed by atoms with Crippen LogP contribution in [-0.4, -0.2) is 36.7 Å². The third-order valence-electron chi connectivity index (χ3n) is 2.47. The molecule has 0 bridgehead atoms. The normalized spacial score (nSPS) is 36.1. The van der Waals surface area contributed by atoms with E-state index in [1.165, 1.54) is 6.92 Å². The molecule has 1 fully saturated rings. The van der Waals surface area contributed by atoms with Crippen molar-refractivity contribution in [2.45, 2.75) is 44.9 Å². The summed E-state index contributed by atoms with van der Waals surface area (Å²) in [7, 11) is 0. The summed E-state index contributed by atoms with van der Waals surface area (Å²) in [6, 6.07) is 0.